The lowest BCUT2D eigenvalue weighted by Gasteiger charge is -2.08. The van der Waals surface area contributed by atoms with E-state index < -0.39 is 17.3 Å². The van der Waals surface area contributed by atoms with Crippen molar-refractivity contribution in [2.24, 2.45) is 0 Å². The summed E-state index contributed by atoms with van der Waals surface area (Å²) in [6, 6.07) is 12.7. The van der Waals surface area contributed by atoms with Crippen molar-refractivity contribution in [1.82, 2.24) is 30.0 Å². The second-order valence-corrected chi connectivity index (χ2v) is 7.29. The molecule has 4 heterocycles. The molecule has 5 rings (SSSR count). The summed E-state index contributed by atoms with van der Waals surface area (Å²) >= 11 is 0. The summed E-state index contributed by atoms with van der Waals surface area (Å²) in [7, 11) is 0. The first-order valence-electron chi connectivity index (χ1n) is 10.1. The minimum atomic E-state index is -0.573. The molecule has 0 saturated carbocycles. The highest BCUT2D eigenvalue weighted by atomic mass is 19.1. The number of rotatable bonds is 6. The Hall–Kier alpha value is -4.60. The van der Waals surface area contributed by atoms with Crippen LogP contribution in [-0.4, -0.2) is 30.6 Å². The molecule has 33 heavy (non-hydrogen) atoms. The molecule has 5 aromatic rings. The number of carbonyl (C=O) groups is 1. The molecule has 0 radical (unpaired) electrons. The third-order valence-corrected chi connectivity index (χ3v) is 5.06. The quantitative estimate of drug-likeness (QED) is 0.416. The van der Waals surface area contributed by atoms with Gasteiger partial charge in [-0.3, -0.25) is 9.59 Å². The highest BCUT2D eigenvalue weighted by Gasteiger charge is 2.16. The largest absolute Gasteiger partial charge is 0.345 e. The van der Waals surface area contributed by atoms with Crippen LogP contribution in [0.5, 0.6) is 0 Å². The predicted octanol–water partition coefficient (Wildman–Crippen LogP) is 2.89. The third-order valence-electron chi connectivity index (χ3n) is 5.06. The van der Waals surface area contributed by atoms with E-state index in [0.717, 1.165) is 5.39 Å². The number of aromatic nitrogens is 5. The summed E-state index contributed by atoms with van der Waals surface area (Å²) in [6.07, 6.45) is 4.94. The lowest BCUT2D eigenvalue weighted by molar-refractivity contribution is 0.0947. The highest BCUT2D eigenvalue weighted by Crippen LogP contribution is 2.25. The Kier molecular flexibility index (Phi) is 5.23. The molecular weight excluding hydrogens is 427 g/mol. The highest BCUT2D eigenvalue weighted by molar-refractivity contribution is 5.93. The Labute approximate surface area is 185 Å². The van der Waals surface area contributed by atoms with Gasteiger partial charge < -0.3 is 19.4 Å². The van der Waals surface area contributed by atoms with Crippen LogP contribution in [0.3, 0.4) is 0 Å². The van der Waals surface area contributed by atoms with Crippen LogP contribution in [0.25, 0.3) is 22.5 Å². The van der Waals surface area contributed by atoms with Gasteiger partial charge in [0.15, 0.2) is 5.82 Å². The number of nitrogens with zero attached hydrogens (tertiary/aromatic N) is 4. The lowest BCUT2D eigenvalue weighted by Crippen LogP contribution is -2.32. The molecule has 0 atom stereocenters. The minimum Gasteiger partial charge on any atom is -0.345 e. The van der Waals surface area contributed by atoms with Gasteiger partial charge in [0.1, 0.15) is 17.0 Å². The third kappa shape index (κ3) is 4.13. The number of fused-ring (bicyclic) bond motifs is 1. The number of nitrogens with one attached hydrogen (secondary N) is 2. The molecule has 0 unspecified atom stereocenters. The molecule has 0 spiro atoms. The van der Waals surface area contributed by atoms with Gasteiger partial charge in [-0.1, -0.05) is 17.3 Å². The zero-order chi connectivity index (χ0) is 22.8. The second-order valence-electron chi connectivity index (χ2n) is 7.29. The molecule has 164 valence electrons. The molecule has 2 N–H and O–H groups in total. The van der Waals surface area contributed by atoms with Crippen molar-refractivity contribution in [1.29, 1.82) is 0 Å². The number of H-pyrrole nitrogens is 1. The summed E-state index contributed by atoms with van der Waals surface area (Å²) in [4.78, 5) is 36.9. The molecule has 0 aliphatic carbocycles. The van der Waals surface area contributed by atoms with Gasteiger partial charge >= 0.3 is 0 Å². The first kappa shape index (κ1) is 20.3. The number of pyridine rings is 2. The van der Waals surface area contributed by atoms with E-state index in [1.807, 2.05) is 6.07 Å². The van der Waals surface area contributed by atoms with E-state index in [-0.39, 0.29) is 30.4 Å². The molecule has 0 bridgehead atoms. The fraction of sp³-hybridized carbons (Fsp3) is 0.0870. The number of halogens is 1. The molecule has 10 heteroatoms. The first-order valence-corrected chi connectivity index (χ1v) is 10.1. The van der Waals surface area contributed by atoms with Crippen molar-refractivity contribution >= 4 is 16.9 Å². The number of hydrogen-bond acceptors (Lipinski definition) is 6. The van der Waals surface area contributed by atoms with Crippen molar-refractivity contribution in [3.63, 3.8) is 0 Å². The first-order chi connectivity index (χ1) is 16.1. The normalized spacial score (nSPS) is 11.1. The van der Waals surface area contributed by atoms with Gasteiger partial charge in [-0.15, -0.1) is 0 Å². The maximum atomic E-state index is 13.4. The summed E-state index contributed by atoms with van der Waals surface area (Å²) in [5, 5.41) is 7.36. The molecule has 4 aromatic heterocycles. The van der Waals surface area contributed by atoms with Crippen molar-refractivity contribution in [3.05, 3.63) is 100 Å². The second kappa shape index (κ2) is 8.50. The summed E-state index contributed by atoms with van der Waals surface area (Å²) in [6.45, 7) is 0.118. The molecule has 0 fully saturated rings. The Morgan fingerprint density at radius 3 is 2.97 bits per heavy atom. The van der Waals surface area contributed by atoms with Gasteiger partial charge in [-0.25, -0.2) is 9.37 Å². The van der Waals surface area contributed by atoms with Crippen molar-refractivity contribution in [2.45, 2.75) is 13.1 Å². The Morgan fingerprint density at radius 1 is 1.18 bits per heavy atom. The number of benzene rings is 1. The SMILES string of the molecule is O=C(NCc1noc(-c2c[nH]c3ncccc23)n1)c1cccn(Cc2cccc(F)c2)c1=O. The molecule has 1 amide bonds. The van der Waals surface area contributed by atoms with Gasteiger partial charge in [0.2, 0.25) is 0 Å². The van der Waals surface area contributed by atoms with Crippen LogP contribution in [-0.2, 0) is 13.1 Å². The van der Waals surface area contributed by atoms with Crippen LogP contribution in [0.2, 0.25) is 0 Å². The van der Waals surface area contributed by atoms with Gasteiger partial charge in [-0.2, -0.15) is 4.98 Å². The summed E-state index contributed by atoms with van der Waals surface area (Å²) < 4.78 is 20.1. The number of amides is 1. The zero-order valence-corrected chi connectivity index (χ0v) is 17.2. The maximum Gasteiger partial charge on any atom is 0.263 e. The topological polar surface area (TPSA) is 119 Å². The smallest absolute Gasteiger partial charge is 0.263 e. The molecular formula is C23H17FN6O3. The van der Waals surface area contributed by atoms with E-state index in [1.165, 1.54) is 22.8 Å². The van der Waals surface area contributed by atoms with E-state index >= 15 is 0 Å². The summed E-state index contributed by atoms with van der Waals surface area (Å²) in [5.74, 6) is -0.419. The Balaban J connectivity index is 1.29. The zero-order valence-electron chi connectivity index (χ0n) is 17.2. The van der Waals surface area contributed by atoms with Crippen molar-refractivity contribution in [3.8, 4) is 11.5 Å². The van der Waals surface area contributed by atoms with Crippen LogP contribution < -0.4 is 10.9 Å². The van der Waals surface area contributed by atoms with Crippen LogP contribution in [0, 0.1) is 5.82 Å². The maximum absolute atomic E-state index is 13.4. The summed E-state index contributed by atoms with van der Waals surface area (Å²) in [5.41, 5.74) is 1.48. The number of aromatic amines is 1. The Morgan fingerprint density at radius 2 is 2.09 bits per heavy atom. The van der Waals surface area contributed by atoms with Gasteiger partial charge in [-0.05, 0) is 42.0 Å². The molecule has 0 saturated heterocycles. The van der Waals surface area contributed by atoms with Crippen molar-refractivity contribution < 1.29 is 13.7 Å². The molecule has 0 aliphatic heterocycles. The van der Waals surface area contributed by atoms with E-state index in [1.54, 1.807) is 42.9 Å². The fourth-order valence-electron chi connectivity index (χ4n) is 3.49. The minimum absolute atomic E-state index is 0.0266. The monoisotopic (exact) mass is 444 g/mol. The standard InChI is InChI=1S/C23H17FN6O3/c24-15-5-1-4-14(10-15)13-30-9-3-7-17(23(30)32)21(31)27-12-19-28-22(33-29-19)18-11-26-20-16(18)6-2-8-25-20/h1-11H,12-13H2,(H,25,26)(H,27,31). The molecule has 0 aliphatic rings. The van der Waals surface area contributed by atoms with Gasteiger partial charge in [0.05, 0.1) is 18.7 Å². The Bertz CT molecular complexity index is 1520. The number of hydrogen-bond donors (Lipinski definition) is 2. The van der Waals surface area contributed by atoms with E-state index in [2.05, 4.69) is 25.4 Å². The average molecular weight is 444 g/mol. The van der Waals surface area contributed by atoms with Crippen LogP contribution in [0.15, 0.2) is 76.4 Å². The van der Waals surface area contributed by atoms with Crippen LogP contribution in [0.4, 0.5) is 4.39 Å². The average Bonchev–Trinajstić information content (AvgIpc) is 3.46. The predicted molar refractivity (Wildman–Crippen MR) is 117 cm³/mol. The van der Waals surface area contributed by atoms with E-state index in [4.69, 9.17) is 4.52 Å². The number of carbonyl (C=O) groups excluding carboxylic acids is 1. The van der Waals surface area contributed by atoms with E-state index in [0.29, 0.717) is 16.8 Å². The molecule has 1 aromatic carbocycles. The van der Waals surface area contributed by atoms with Gasteiger partial charge in [0, 0.05) is 24.0 Å². The molecule has 9 nitrogen and oxygen atoms in total. The van der Waals surface area contributed by atoms with Gasteiger partial charge in [0.25, 0.3) is 17.4 Å². The van der Waals surface area contributed by atoms with E-state index in [9.17, 15) is 14.0 Å². The lowest BCUT2D eigenvalue weighted by atomic mass is 10.2. The van der Waals surface area contributed by atoms with Crippen LogP contribution >= 0.6 is 0 Å². The van der Waals surface area contributed by atoms with Crippen molar-refractivity contribution in [2.75, 3.05) is 0 Å². The van der Waals surface area contributed by atoms with Crippen LogP contribution in [0.1, 0.15) is 21.7 Å². The fourth-order valence-corrected chi connectivity index (χ4v) is 3.49.